The van der Waals surface area contributed by atoms with E-state index in [1.165, 1.54) is 30.4 Å². The lowest BCUT2D eigenvalue weighted by Gasteiger charge is -2.06. The topological polar surface area (TPSA) is 54.4 Å². The largest absolute Gasteiger partial charge is 0.508 e. The van der Waals surface area contributed by atoms with Gasteiger partial charge in [0.15, 0.2) is 11.6 Å². The number of hydrogen-bond donors (Lipinski definition) is 1. The van der Waals surface area contributed by atoms with Gasteiger partial charge in [0.1, 0.15) is 5.75 Å². The summed E-state index contributed by atoms with van der Waals surface area (Å²) in [6.07, 6.45) is 3.80. The summed E-state index contributed by atoms with van der Waals surface area (Å²) in [5.41, 5.74) is 0.998. The Balaban J connectivity index is 2.43. The predicted molar refractivity (Wildman–Crippen MR) is 55.2 cm³/mol. The fraction of sp³-hybridized carbons (Fsp3) is 0. The molecule has 1 aliphatic rings. The normalized spacial score (nSPS) is 15.3. The number of hydrogen-bond acceptors (Lipinski definition) is 3. The zero-order valence-corrected chi connectivity index (χ0v) is 7.81. The van der Waals surface area contributed by atoms with E-state index >= 15 is 0 Å². The van der Waals surface area contributed by atoms with Crippen molar-refractivity contribution in [3.8, 4) is 5.75 Å². The second-order valence-corrected chi connectivity index (χ2v) is 3.20. The zero-order chi connectivity index (χ0) is 10.8. The smallest absolute Gasteiger partial charge is 0.186 e. The van der Waals surface area contributed by atoms with Gasteiger partial charge in [0.05, 0.1) is 0 Å². The fourth-order valence-electron chi connectivity index (χ4n) is 1.38. The number of aromatic hydroxyl groups is 1. The molecule has 3 nitrogen and oxygen atoms in total. The zero-order valence-electron chi connectivity index (χ0n) is 7.81. The summed E-state index contributed by atoms with van der Waals surface area (Å²) in [5, 5.41) is 9.09. The van der Waals surface area contributed by atoms with Crippen molar-refractivity contribution < 1.29 is 14.7 Å². The van der Waals surface area contributed by atoms with Crippen LogP contribution in [0.1, 0.15) is 5.56 Å². The van der Waals surface area contributed by atoms with Gasteiger partial charge < -0.3 is 5.11 Å². The minimum atomic E-state index is -0.197. The Bertz CT molecular complexity index is 478. The van der Waals surface area contributed by atoms with Gasteiger partial charge in [-0.15, -0.1) is 0 Å². The number of ketones is 2. The van der Waals surface area contributed by atoms with Crippen LogP contribution in [0.3, 0.4) is 0 Å². The van der Waals surface area contributed by atoms with Crippen LogP contribution in [0.15, 0.2) is 42.5 Å². The van der Waals surface area contributed by atoms with Crippen molar-refractivity contribution in [3.05, 3.63) is 48.1 Å². The molecule has 0 atom stereocenters. The van der Waals surface area contributed by atoms with E-state index in [2.05, 4.69) is 0 Å². The number of allylic oxidation sites excluding steroid dienone is 4. The summed E-state index contributed by atoms with van der Waals surface area (Å²) in [5.74, 6) is -0.262. The molecule has 1 aromatic carbocycles. The number of rotatable bonds is 1. The second kappa shape index (κ2) is 3.53. The maximum absolute atomic E-state index is 11.5. The van der Waals surface area contributed by atoms with E-state index in [9.17, 15) is 9.59 Å². The average Bonchev–Trinajstić information content (AvgIpc) is 2.23. The van der Waals surface area contributed by atoms with Crippen molar-refractivity contribution in [2.75, 3.05) is 0 Å². The molecule has 0 bridgehead atoms. The quantitative estimate of drug-likeness (QED) is 0.698. The Hall–Kier alpha value is -2.16. The van der Waals surface area contributed by atoms with E-state index in [-0.39, 0.29) is 17.3 Å². The Labute approximate surface area is 86.4 Å². The Morgan fingerprint density at radius 3 is 2.27 bits per heavy atom. The minimum Gasteiger partial charge on any atom is -0.508 e. The number of phenolic OH excluding ortho intramolecular Hbond substituents is 1. The highest BCUT2D eigenvalue weighted by Gasteiger charge is 2.14. The van der Waals surface area contributed by atoms with Crippen molar-refractivity contribution in [1.82, 2.24) is 0 Å². The first-order valence-corrected chi connectivity index (χ1v) is 4.44. The van der Waals surface area contributed by atoms with Crippen molar-refractivity contribution in [3.63, 3.8) is 0 Å². The van der Waals surface area contributed by atoms with Crippen LogP contribution in [0.2, 0.25) is 0 Å². The van der Waals surface area contributed by atoms with Crippen molar-refractivity contribution in [1.29, 1.82) is 0 Å². The highest BCUT2D eigenvalue weighted by molar-refractivity contribution is 6.33. The van der Waals surface area contributed by atoms with Gasteiger partial charge in [0.2, 0.25) is 0 Å². The molecule has 0 spiro atoms. The molecule has 0 aromatic heterocycles. The molecule has 1 aliphatic carbocycles. The van der Waals surface area contributed by atoms with Gasteiger partial charge in [0, 0.05) is 5.57 Å². The number of carbonyl (C=O) groups excluding carboxylic acids is 2. The lowest BCUT2D eigenvalue weighted by atomic mass is 9.96. The molecule has 74 valence electrons. The third kappa shape index (κ3) is 1.86. The van der Waals surface area contributed by atoms with Gasteiger partial charge in [-0.3, -0.25) is 9.59 Å². The molecular formula is C12H8O3. The highest BCUT2D eigenvalue weighted by atomic mass is 16.3. The molecule has 1 N–H and O–H groups in total. The maximum Gasteiger partial charge on any atom is 0.186 e. The van der Waals surface area contributed by atoms with Crippen LogP contribution in [-0.2, 0) is 9.59 Å². The predicted octanol–water partition coefficient (Wildman–Crippen LogP) is 1.48. The molecule has 0 saturated carbocycles. The van der Waals surface area contributed by atoms with E-state index in [0.717, 1.165) is 0 Å². The van der Waals surface area contributed by atoms with E-state index in [0.29, 0.717) is 11.1 Å². The third-order valence-electron chi connectivity index (χ3n) is 2.13. The van der Waals surface area contributed by atoms with Gasteiger partial charge in [-0.1, -0.05) is 12.1 Å². The summed E-state index contributed by atoms with van der Waals surface area (Å²) in [7, 11) is 0. The van der Waals surface area contributed by atoms with E-state index in [1.807, 2.05) is 0 Å². The summed E-state index contributed by atoms with van der Waals surface area (Å²) in [6, 6.07) is 6.16. The van der Waals surface area contributed by atoms with Crippen LogP contribution in [0.25, 0.3) is 5.57 Å². The first kappa shape index (κ1) is 9.40. The summed E-state index contributed by atoms with van der Waals surface area (Å²) in [6.45, 7) is 0. The maximum atomic E-state index is 11.5. The lowest BCUT2D eigenvalue weighted by Crippen LogP contribution is -2.06. The standard InChI is InChI=1S/C12H8O3/c13-9-3-1-8(2-4-9)11-7-10(14)5-6-12(11)15/h1-7,13H. The molecule has 15 heavy (non-hydrogen) atoms. The van der Waals surface area contributed by atoms with Gasteiger partial charge in [-0.05, 0) is 35.9 Å². The first-order valence-electron chi connectivity index (χ1n) is 4.44. The average molecular weight is 200 g/mol. The van der Waals surface area contributed by atoms with Crippen LogP contribution in [-0.4, -0.2) is 16.7 Å². The number of phenols is 1. The molecule has 2 rings (SSSR count). The van der Waals surface area contributed by atoms with E-state index in [4.69, 9.17) is 5.11 Å². The Kier molecular flexibility index (Phi) is 2.21. The molecule has 0 fully saturated rings. The molecule has 0 radical (unpaired) electrons. The number of benzene rings is 1. The summed E-state index contributed by atoms with van der Waals surface area (Å²) in [4.78, 5) is 22.5. The first-order chi connectivity index (χ1) is 7.16. The minimum absolute atomic E-state index is 0.129. The van der Waals surface area contributed by atoms with Crippen molar-refractivity contribution in [2.45, 2.75) is 0 Å². The molecule has 0 heterocycles. The summed E-state index contributed by atoms with van der Waals surface area (Å²) < 4.78 is 0. The Morgan fingerprint density at radius 1 is 0.933 bits per heavy atom. The molecule has 3 heteroatoms. The third-order valence-corrected chi connectivity index (χ3v) is 2.13. The van der Waals surface area contributed by atoms with Crippen LogP contribution in [0.5, 0.6) is 5.75 Å². The molecule has 1 aromatic rings. The van der Waals surface area contributed by atoms with Crippen LogP contribution < -0.4 is 0 Å². The highest BCUT2D eigenvalue weighted by Crippen LogP contribution is 2.21. The molecule has 0 saturated heterocycles. The van der Waals surface area contributed by atoms with Gasteiger partial charge in [-0.2, -0.15) is 0 Å². The van der Waals surface area contributed by atoms with Gasteiger partial charge in [-0.25, -0.2) is 0 Å². The van der Waals surface area contributed by atoms with E-state index in [1.54, 1.807) is 12.1 Å². The molecule has 0 amide bonds. The number of carbonyl (C=O) groups is 2. The van der Waals surface area contributed by atoms with Gasteiger partial charge >= 0.3 is 0 Å². The van der Waals surface area contributed by atoms with E-state index < -0.39 is 0 Å². The monoisotopic (exact) mass is 200 g/mol. The van der Waals surface area contributed by atoms with Crippen LogP contribution in [0.4, 0.5) is 0 Å². The van der Waals surface area contributed by atoms with Crippen LogP contribution in [0, 0.1) is 0 Å². The molecular weight excluding hydrogens is 192 g/mol. The summed E-state index contributed by atoms with van der Waals surface area (Å²) >= 11 is 0. The Morgan fingerprint density at radius 2 is 1.60 bits per heavy atom. The molecule has 0 unspecified atom stereocenters. The van der Waals surface area contributed by atoms with Crippen molar-refractivity contribution >= 4 is 17.1 Å². The SMILES string of the molecule is O=C1C=CC(=O)C(c2ccc(O)cc2)=C1. The lowest BCUT2D eigenvalue weighted by molar-refractivity contribution is -0.113. The fourth-order valence-corrected chi connectivity index (χ4v) is 1.38. The van der Waals surface area contributed by atoms with Crippen molar-refractivity contribution in [2.24, 2.45) is 0 Å². The molecule has 0 aliphatic heterocycles. The second-order valence-electron chi connectivity index (χ2n) is 3.20. The van der Waals surface area contributed by atoms with Gasteiger partial charge in [0.25, 0.3) is 0 Å². The van der Waals surface area contributed by atoms with Crippen LogP contribution >= 0.6 is 0 Å².